The van der Waals surface area contributed by atoms with Gasteiger partial charge in [0.05, 0.1) is 0 Å². The van der Waals surface area contributed by atoms with Crippen LogP contribution < -0.4 is 4.52 Å². The van der Waals surface area contributed by atoms with E-state index in [4.69, 9.17) is 14.3 Å². The van der Waals surface area contributed by atoms with Gasteiger partial charge < -0.3 is 14.3 Å². The van der Waals surface area contributed by atoms with E-state index < -0.39 is 8.60 Å². The van der Waals surface area contributed by atoms with Crippen molar-refractivity contribution in [3.63, 3.8) is 0 Å². The van der Waals surface area contributed by atoms with Crippen LogP contribution in [0.15, 0.2) is 24.3 Å². The Hall–Kier alpha value is -0.630. The van der Waals surface area contributed by atoms with Crippen LogP contribution in [-0.4, -0.2) is 9.79 Å². The van der Waals surface area contributed by atoms with Crippen molar-refractivity contribution >= 4 is 8.60 Å². The summed E-state index contributed by atoms with van der Waals surface area (Å²) in [7, 11) is -2.33. The molecule has 0 saturated carbocycles. The molecule has 0 aliphatic carbocycles. The van der Waals surface area contributed by atoms with Gasteiger partial charge in [-0.05, 0) is 29.5 Å². The molecule has 0 amide bonds. The molecule has 102 valence electrons. The predicted molar refractivity (Wildman–Crippen MR) is 75.6 cm³/mol. The lowest BCUT2D eigenvalue weighted by molar-refractivity contribution is 0.375. The molecule has 1 rings (SSSR count). The second kappa shape index (κ2) is 7.08. The normalized spacial score (nSPS) is 11.9. The summed E-state index contributed by atoms with van der Waals surface area (Å²) in [5.74, 6) is 0.499. The number of hydrogen-bond acceptors (Lipinski definition) is 3. The third kappa shape index (κ3) is 4.93. The molecule has 0 aromatic heterocycles. The van der Waals surface area contributed by atoms with Gasteiger partial charge in [0, 0.05) is 0 Å². The fourth-order valence-electron chi connectivity index (χ4n) is 2.02. The quantitative estimate of drug-likeness (QED) is 0.578. The van der Waals surface area contributed by atoms with Crippen molar-refractivity contribution < 1.29 is 14.3 Å². The molecule has 3 nitrogen and oxygen atoms in total. The molecule has 0 radical (unpaired) electrons. The van der Waals surface area contributed by atoms with E-state index in [0.717, 1.165) is 6.42 Å². The van der Waals surface area contributed by atoms with Gasteiger partial charge in [-0.3, -0.25) is 0 Å². The van der Waals surface area contributed by atoms with E-state index in [1.807, 2.05) is 12.1 Å². The van der Waals surface area contributed by atoms with Crippen LogP contribution in [0.2, 0.25) is 0 Å². The topological polar surface area (TPSA) is 49.7 Å². The first-order valence-electron chi connectivity index (χ1n) is 6.42. The lowest BCUT2D eigenvalue weighted by Crippen LogP contribution is -2.16. The van der Waals surface area contributed by atoms with Crippen LogP contribution in [0.25, 0.3) is 0 Å². The van der Waals surface area contributed by atoms with Gasteiger partial charge in [0.2, 0.25) is 0 Å². The lowest BCUT2D eigenvalue weighted by Gasteiger charge is -2.25. The van der Waals surface area contributed by atoms with Gasteiger partial charge >= 0.3 is 8.60 Å². The summed E-state index contributed by atoms with van der Waals surface area (Å²) < 4.78 is 4.86. The van der Waals surface area contributed by atoms with E-state index in [9.17, 15) is 0 Å². The molecule has 0 spiro atoms. The molecule has 0 unspecified atom stereocenters. The Labute approximate surface area is 111 Å². The molecule has 0 atom stereocenters. The zero-order valence-electron chi connectivity index (χ0n) is 11.4. The molecular weight excluding hydrogens is 247 g/mol. The molecule has 1 aromatic carbocycles. The zero-order valence-corrected chi connectivity index (χ0v) is 12.3. The summed E-state index contributed by atoms with van der Waals surface area (Å²) in [5, 5.41) is 0. The molecule has 0 saturated heterocycles. The number of hydrogen-bond donors (Lipinski definition) is 2. The summed E-state index contributed by atoms with van der Waals surface area (Å²) in [6.07, 6.45) is 4.90. The first kappa shape index (κ1) is 15.4. The zero-order chi connectivity index (χ0) is 13.6. The van der Waals surface area contributed by atoms with E-state index >= 15 is 0 Å². The van der Waals surface area contributed by atoms with Gasteiger partial charge in [0.25, 0.3) is 0 Å². The Bertz CT molecular complexity index is 347. The van der Waals surface area contributed by atoms with Crippen LogP contribution in [0.5, 0.6) is 5.75 Å². The molecule has 4 heteroatoms. The van der Waals surface area contributed by atoms with E-state index in [0.29, 0.717) is 5.75 Å². The van der Waals surface area contributed by atoms with Crippen molar-refractivity contribution in [2.24, 2.45) is 0 Å². The second-order valence-electron chi connectivity index (χ2n) is 5.21. The lowest BCUT2D eigenvalue weighted by atomic mass is 9.80. The molecular formula is C14H23O3P. The summed E-state index contributed by atoms with van der Waals surface area (Å²) >= 11 is 0. The van der Waals surface area contributed by atoms with Gasteiger partial charge in [0.1, 0.15) is 5.75 Å². The van der Waals surface area contributed by atoms with Crippen LogP contribution in [-0.2, 0) is 5.41 Å². The summed E-state index contributed by atoms with van der Waals surface area (Å²) in [6, 6.07) is 7.58. The average Bonchev–Trinajstić information content (AvgIpc) is 2.29. The maximum Gasteiger partial charge on any atom is 0.391 e. The van der Waals surface area contributed by atoms with Crippen LogP contribution in [0.4, 0.5) is 0 Å². The van der Waals surface area contributed by atoms with Gasteiger partial charge in [-0.1, -0.05) is 52.2 Å². The molecule has 0 aliphatic rings. The van der Waals surface area contributed by atoms with E-state index in [1.54, 1.807) is 12.1 Å². The van der Waals surface area contributed by atoms with E-state index in [2.05, 4.69) is 20.8 Å². The SMILES string of the molecule is CCCCCC(C)(C)c1ccc(OP(O)O)cc1. The molecule has 1 aromatic rings. The monoisotopic (exact) mass is 270 g/mol. The van der Waals surface area contributed by atoms with E-state index in [1.165, 1.54) is 24.8 Å². The second-order valence-corrected chi connectivity index (χ2v) is 5.90. The van der Waals surface area contributed by atoms with Crippen molar-refractivity contribution in [2.45, 2.75) is 51.9 Å². The van der Waals surface area contributed by atoms with Crippen LogP contribution in [0.1, 0.15) is 52.0 Å². The van der Waals surface area contributed by atoms with Gasteiger partial charge in [0.15, 0.2) is 0 Å². The Morgan fingerprint density at radius 2 is 1.72 bits per heavy atom. The van der Waals surface area contributed by atoms with Crippen molar-refractivity contribution in [2.75, 3.05) is 0 Å². The molecule has 2 N–H and O–H groups in total. The molecule has 0 bridgehead atoms. The highest BCUT2D eigenvalue weighted by Gasteiger charge is 2.19. The molecule has 0 fully saturated rings. The van der Waals surface area contributed by atoms with Crippen molar-refractivity contribution in [1.82, 2.24) is 0 Å². The number of benzene rings is 1. The Balaban J connectivity index is 2.65. The van der Waals surface area contributed by atoms with E-state index in [-0.39, 0.29) is 5.41 Å². The summed E-state index contributed by atoms with van der Waals surface area (Å²) in [4.78, 5) is 17.6. The largest absolute Gasteiger partial charge is 0.427 e. The Morgan fingerprint density at radius 3 is 2.22 bits per heavy atom. The van der Waals surface area contributed by atoms with Crippen LogP contribution in [0, 0.1) is 0 Å². The molecule has 0 aliphatic heterocycles. The minimum atomic E-state index is -2.33. The predicted octanol–water partition coefficient (Wildman–Crippen LogP) is 4.13. The van der Waals surface area contributed by atoms with Gasteiger partial charge in [-0.2, -0.15) is 0 Å². The smallest absolute Gasteiger partial charge is 0.391 e. The highest BCUT2D eigenvalue weighted by molar-refractivity contribution is 7.39. The minimum absolute atomic E-state index is 0.150. The first-order chi connectivity index (χ1) is 8.45. The average molecular weight is 270 g/mol. The standard InChI is InChI=1S/C14H23O3P/c1-4-5-6-11-14(2,3)12-7-9-13(10-8-12)17-18(15)16/h7-10,15-16H,4-6,11H2,1-3H3. The Kier molecular flexibility index (Phi) is 6.07. The van der Waals surface area contributed by atoms with Crippen molar-refractivity contribution in [1.29, 1.82) is 0 Å². The first-order valence-corrected chi connectivity index (χ1v) is 7.58. The maximum absolute atomic E-state index is 8.78. The Morgan fingerprint density at radius 1 is 1.11 bits per heavy atom. The number of unbranched alkanes of at least 4 members (excludes halogenated alkanes) is 2. The summed E-state index contributed by atoms with van der Waals surface area (Å²) in [5.41, 5.74) is 1.41. The maximum atomic E-state index is 8.78. The fourth-order valence-corrected chi connectivity index (χ4v) is 2.33. The highest BCUT2D eigenvalue weighted by Crippen LogP contribution is 2.33. The van der Waals surface area contributed by atoms with Crippen molar-refractivity contribution in [3.8, 4) is 5.75 Å². The van der Waals surface area contributed by atoms with Gasteiger partial charge in [-0.25, -0.2) is 0 Å². The van der Waals surface area contributed by atoms with Crippen LogP contribution >= 0.6 is 8.60 Å². The third-order valence-electron chi connectivity index (χ3n) is 3.23. The minimum Gasteiger partial charge on any atom is -0.427 e. The molecule has 18 heavy (non-hydrogen) atoms. The summed E-state index contributed by atoms with van der Waals surface area (Å²) in [6.45, 7) is 6.69. The number of rotatable bonds is 7. The van der Waals surface area contributed by atoms with Crippen molar-refractivity contribution in [3.05, 3.63) is 29.8 Å². The highest BCUT2D eigenvalue weighted by atomic mass is 31.2. The van der Waals surface area contributed by atoms with Crippen LogP contribution in [0.3, 0.4) is 0 Å². The fraction of sp³-hybridized carbons (Fsp3) is 0.571. The third-order valence-corrected chi connectivity index (χ3v) is 3.60. The molecule has 0 heterocycles. The van der Waals surface area contributed by atoms with Gasteiger partial charge in [-0.15, -0.1) is 0 Å².